The van der Waals surface area contributed by atoms with Crippen LogP contribution in [0.1, 0.15) is 42.3 Å². The molecule has 0 aliphatic carbocycles. The molecule has 0 saturated carbocycles. The molecule has 3 rings (SSSR count). The van der Waals surface area contributed by atoms with Gasteiger partial charge in [-0.2, -0.15) is 13.2 Å². The third-order valence-corrected chi connectivity index (χ3v) is 7.33. The highest BCUT2D eigenvalue weighted by Crippen LogP contribution is 2.38. The second-order valence-electron chi connectivity index (χ2n) is 9.71. The van der Waals surface area contributed by atoms with E-state index in [0.717, 1.165) is 18.2 Å². The number of anilines is 1. The predicted molar refractivity (Wildman–Crippen MR) is 144 cm³/mol. The van der Waals surface area contributed by atoms with Crippen molar-refractivity contribution in [1.82, 2.24) is 5.32 Å². The molecular weight excluding hydrogens is 615 g/mol. The molecule has 0 aromatic heterocycles. The number of nitrogens with one attached hydrogen (secondary N) is 2. The monoisotopic (exact) mass is 636 g/mol. The van der Waals surface area contributed by atoms with E-state index in [4.69, 9.17) is 33.0 Å². The molecule has 1 amide bonds. The van der Waals surface area contributed by atoms with Crippen LogP contribution < -0.4 is 14.8 Å². The largest absolute Gasteiger partial charge is 0.481 e. The van der Waals surface area contributed by atoms with Crippen molar-refractivity contribution in [2.24, 2.45) is 0 Å². The highest BCUT2D eigenvalue weighted by molar-refractivity contribution is 7.92. The van der Waals surface area contributed by atoms with Crippen LogP contribution >= 0.6 is 23.2 Å². The zero-order valence-electron chi connectivity index (χ0n) is 21.5. The fourth-order valence-corrected chi connectivity index (χ4v) is 5.24. The zero-order valence-corrected chi connectivity index (χ0v) is 23.8. The molecule has 3 aromatic rings. The molecule has 3 aromatic carbocycles. The Kier molecular flexibility index (Phi) is 9.16. The number of rotatable bonds is 8. The van der Waals surface area contributed by atoms with Crippen molar-refractivity contribution in [3.8, 4) is 11.5 Å². The van der Waals surface area contributed by atoms with E-state index in [1.54, 1.807) is 20.8 Å². The minimum absolute atomic E-state index is 0.0300. The van der Waals surface area contributed by atoms with Crippen LogP contribution in [0.5, 0.6) is 11.5 Å². The lowest BCUT2D eigenvalue weighted by atomic mass is 10.1. The Labute approximate surface area is 242 Å². The van der Waals surface area contributed by atoms with Gasteiger partial charge in [0.1, 0.15) is 16.5 Å². The van der Waals surface area contributed by atoms with Crippen molar-refractivity contribution in [1.29, 1.82) is 0 Å². The number of carbonyl (C=O) groups excluding carboxylic acids is 1. The van der Waals surface area contributed by atoms with E-state index < -0.39 is 61.3 Å². The van der Waals surface area contributed by atoms with Crippen molar-refractivity contribution in [2.75, 3.05) is 4.72 Å². The van der Waals surface area contributed by atoms with Crippen LogP contribution in [0.15, 0.2) is 53.4 Å². The molecule has 41 heavy (non-hydrogen) atoms. The topological polar surface area (TPSA) is 122 Å². The third kappa shape index (κ3) is 8.24. The Morgan fingerprint density at radius 2 is 1.61 bits per heavy atom. The summed E-state index contributed by atoms with van der Waals surface area (Å²) in [6.45, 7) is 5.13. The summed E-state index contributed by atoms with van der Waals surface area (Å²) in [4.78, 5) is 23.0. The molecule has 0 heterocycles. The van der Waals surface area contributed by atoms with Gasteiger partial charge in [-0.05, 0) is 63.2 Å². The van der Waals surface area contributed by atoms with E-state index in [1.807, 2.05) is 0 Å². The maximum atomic E-state index is 14.5. The minimum atomic E-state index is -4.77. The first-order chi connectivity index (χ1) is 18.8. The minimum Gasteiger partial charge on any atom is -0.481 e. The van der Waals surface area contributed by atoms with Crippen molar-refractivity contribution in [2.45, 2.75) is 43.8 Å². The Morgan fingerprint density at radius 3 is 2.17 bits per heavy atom. The average molecular weight is 637 g/mol. The van der Waals surface area contributed by atoms with Crippen molar-refractivity contribution in [3.63, 3.8) is 0 Å². The van der Waals surface area contributed by atoms with Gasteiger partial charge >= 0.3 is 12.1 Å². The van der Waals surface area contributed by atoms with Crippen LogP contribution in [-0.4, -0.2) is 30.9 Å². The number of carbonyl (C=O) groups is 2. The highest BCUT2D eigenvalue weighted by Gasteiger charge is 2.32. The molecule has 0 atom stereocenters. The second-order valence-corrected chi connectivity index (χ2v) is 12.2. The molecule has 0 spiro atoms. The molecule has 0 unspecified atom stereocenters. The normalized spacial score (nSPS) is 12.1. The van der Waals surface area contributed by atoms with Crippen LogP contribution in [0.25, 0.3) is 0 Å². The van der Waals surface area contributed by atoms with E-state index in [9.17, 15) is 35.6 Å². The number of hydrogen-bond donors (Lipinski definition) is 3. The summed E-state index contributed by atoms with van der Waals surface area (Å²) in [6.07, 6.45) is -5.44. The number of benzene rings is 3. The fourth-order valence-electron chi connectivity index (χ4n) is 3.41. The first-order valence-electron chi connectivity index (χ1n) is 11.5. The van der Waals surface area contributed by atoms with Gasteiger partial charge in [-0.3, -0.25) is 14.3 Å². The summed E-state index contributed by atoms with van der Waals surface area (Å²) in [5.41, 5.74) is -2.47. The predicted octanol–water partition coefficient (Wildman–Crippen LogP) is 6.90. The standard InChI is InChI=1S/C26H22Cl2F4N2O6S/c1-25(2,3)33-24(37)13-4-6-20(40-21-12-18(29)14(8-16(21)27)10-23(35)36)19(9-13)34-41(38,39)22-7-5-15(11-17(22)28)26(30,31)32/h4-9,11-12,34H,10H2,1-3H3,(H,33,37)(H,35,36). The number of halogens is 6. The van der Waals surface area contributed by atoms with Gasteiger partial charge in [-0.1, -0.05) is 23.2 Å². The summed E-state index contributed by atoms with van der Waals surface area (Å²) in [5, 5.41) is 10.7. The smallest absolute Gasteiger partial charge is 0.416 e. The second kappa shape index (κ2) is 11.7. The molecule has 220 valence electrons. The summed E-state index contributed by atoms with van der Waals surface area (Å²) in [5.74, 6) is -3.48. The quantitative estimate of drug-likeness (QED) is 0.231. The van der Waals surface area contributed by atoms with Crippen molar-refractivity contribution < 1.29 is 45.4 Å². The van der Waals surface area contributed by atoms with E-state index in [1.165, 1.54) is 12.1 Å². The number of aliphatic carboxylic acids is 1. The molecule has 0 bridgehead atoms. The Bertz CT molecular complexity index is 1620. The van der Waals surface area contributed by atoms with Gasteiger partial charge < -0.3 is 15.2 Å². The molecule has 0 saturated heterocycles. The van der Waals surface area contributed by atoms with E-state index in [0.29, 0.717) is 18.2 Å². The van der Waals surface area contributed by atoms with Gasteiger partial charge in [0.25, 0.3) is 15.9 Å². The summed E-state index contributed by atoms with van der Waals surface area (Å²) in [7, 11) is -4.67. The van der Waals surface area contributed by atoms with Crippen molar-refractivity contribution in [3.05, 3.63) is 81.1 Å². The first-order valence-corrected chi connectivity index (χ1v) is 13.7. The van der Waals surface area contributed by atoms with Gasteiger partial charge in [0.05, 0.1) is 27.7 Å². The first kappa shape index (κ1) is 32.0. The lowest BCUT2D eigenvalue weighted by Crippen LogP contribution is -2.40. The van der Waals surface area contributed by atoms with Crippen molar-refractivity contribution >= 4 is 50.8 Å². The van der Waals surface area contributed by atoms with Gasteiger partial charge in [0.2, 0.25) is 0 Å². The maximum Gasteiger partial charge on any atom is 0.416 e. The Hall–Kier alpha value is -3.55. The third-order valence-electron chi connectivity index (χ3n) is 5.19. The highest BCUT2D eigenvalue weighted by atomic mass is 35.5. The molecule has 0 fully saturated rings. The number of carboxylic acids is 1. The van der Waals surface area contributed by atoms with Crippen LogP contribution in [-0.2, 0) is 27.4 Å². The summed E-state index contributed by atoms with van der Waals surface area (Å²) in [6, 6.07) is 7.02. The van der Waals surface area contributed by atoms with E-state index >= 15 is 0 Å². The molecule has 3 N–H and O–H groups in total. The summed E-state index contributed by atoms with van der Waals surface area (Å²) < 4.78 is 87.8. The van der Waals surface area contributed by atoms with E-state index in [-0.39, 0.29) is 33.3 Å². The zero-order chi connectivity index (χ0) is 30.9. The molecular formula is C26H22Cl2F4N2O6S. The van der Waals surface area contributed by atoms with E-state index in [2.05, 4.69) is 10.0 Å². The van der Waals surface area contributed by atoms with Gasteiger partial charge in [0, 0.05) is 22.7 Å². The molecule has 8 nitrogen and oxygen atoms in total. The number of amides is 1. The SMILES string of the molecule is CC(C)(C)NC(=O)c1ccc(Oc2cc(F)c(CC(=O)O)cc2Cl)c(NS(=O)(=O)c2ccc(C(F)(F)F)cc2Cl)c1. The van der Waals surface area contributed by atoms with Gasteiger partial charge in [-0.25, -0.2) is 12.8 Å². The summed E-state index contributed by atoms with van der Waals surface area (Å²) >= 11 is 12.0. The molecule has 15 heteroatoms. The molecule has 0 radical (unpaired) electrons. The Morgan fingerprint density at radius 1 is 0.951 bits per heavy atom. The molecule has 0 aliphatic heterocycles. The number of ether oxygens (including phenoxy) is 1. The van der Waals surface area contributed by atoms with Gasteiger partial charge in [-0.15, -0.1) is 0 Å². The Balaban J connectivity index is 2.08. The number of sulfonamides is 1. The average Bonchev–Trinajstić information content (AvgIpc) is 2.80. The lowest BCUT2D eigenvalue weighted by Gasteiger charge is -2.21. The molecule has 0 aliphatic rings. The number of alkyl halides is 3. The number of hydrogen-bond acceptors (Lipinski definition) is 5. The lowest BCUT2D eigenvalue weighted by molar-refractivity contribution is -0.138. The number of carboxylic acid groups (broad SMARTS) is 1. The van der Waals surface area contributed by atoms with Crippen LogP contribution in [0.3, 0.4) is 0 Å². The van der Waals surface area contributed by atoms with Gasteiger partial charge in [0.15, 0.2) is 5.75 Å². The van der Waals surface area contributed by atoms with Crippen LogP contribution in [0.2, 0.25) is 10.0 Å². The maximum absolute atomic E-state index is 14.5. The van der Waals surface area contributed by atoms with Crippen LogP contribution in [0.4, 0.5) is 23.2 Å². The van der Waals surface area contributed by atoms with Crippen LogP contribution in [0, 0.1) is 5.82 Å². The fraction of sp³-hybridized carbons (Fsp3) is 0.231.